The summed E-state index contributed by atoms with van der Waals surface area (Å²) in [5, 5.41) is 4.09. The van der Waals surface area contributed by atoms with Gasteiger partial charge in [-0.25, -0.2) is 27.2 Å². The Morgan fingerprint density at radius 1 is 1.20 bits per heavy atom. The molecule has 0 aliphatic rings. The van der Waals surface area contributed by atoms with Crippen LogP contribution in [0.5, 0.6) is 0 Å². The van der Waals surface area contributed by atoms with Crippen molar-refractivity contribution >= 4 is 27.2 Å². The van der Waals surface area contributed by atoms with Crippen LogP contribution < -0.4 is 0 Å². The zero-order valence-corrected chi connectivity index (χ0v) is 17.6. The second-order valence-corrected chi connectivity index (χ2v) is 9.25. The Hall–Kier alpha value is -2.72. The van der Waals surface area contributed by atoms with Crippen molar-refractivity contribution in [2.45, 2.75) is 30.6 Å². The molecule has 0 saturated carbocycles. The maximum Gasteiger partial charge on any atom is 0.191 e. The van der Waals surface area contributed by atoms with Crippen LogP contribution in [0.2, 0.25) is 5.02 Å². The Balaban J connectivity index is 1.77. The molecular formula is C19H17ClF2N4O3S. The van der Waals surface area contributed by atoms with Gasteiger partial charge in [0.05, 0.1) is 11.1 Å². The van der Waals surface area contributed by atoms with Crippen LogP contribution in [0.3, 0.4) is 0 Å². The molecule has 1 aromatic carbocycles. The van der Waals surface area contributed by atoms with Gasteiger partial charge < -0.3 is 0 Å². The van der Waals surface area contributed by atoms with Crippen LogP contribution >= 0.6 is 11.6 Å². The molecule has 11 heteroatoms. The lowest BCUT2D eigenvalue weighted by Crippen LogP contribution is -2.12. The Labute approximate surface area is 176 Å². The summed E-state index contributed by atoms with van der Waals surface area (Å²) in [4.78, 5) is 20.4. The fraction of sp³-hybridized carbons (Fsp3) is 0.263. The molecule has 2 aromatic heterocycles. The Bertz CT molecular complexity index is 1210. The van der Waals surface area contributed by atoms with Crippen molar-refractivity contribution in [1.82, 2.24) is 19.7 Å². The zero-order valence-electron chi connectivity index (χ0n) is 16.0. The van der Waals surface area contributed by atoms with E-state index in [-0.39, 0.29) is 39.4 Å². The minimum atomic E-state index is -3.52. The molecule has 1 unspecified atom stereocenters. The lowest BCUT2D eigenvalue weighted by atomic mass is 9.99. The maximum atomic E-state index is 14.1. The van der Waals surface area contributed by atoms with E-state index in [1.807, 2.05) is 0 Å². The number of hydrogen-bond donors (Lipinski definition) is 0. The third-order valence-electron chi connectivity index (χ3n) is 4.43. The largest absolute Gasteiger partial charge is 0.294 e. The van der Waals surface area contributed by atoms with Crippen LogP contribution in [0.25, 0.3) is 5.82 Å². The number of benzene rings is 1. The van der Waals surface area contributed by atoms with Crippen molar-refractivity contribution in [1.29, 1.82) is 0 Å². The third kappa shape index (κ3) is 4.88. The SMILES string of the molecule is CC(CCC(=O)c1cc(Cl)cc(S(C)(=O)=O)c1)c1ncnn1-c1ncc(F)cc1F. The molecule has 158 valence electrons. The summed E-state index contributed by atoms with van der Waals surface area (Å²) in [7, 11) is -3.52. The van der Waals surface area contributed by atoms with E-state index < -0.39 is 21.5 Å². The van der Waals surface area contributed by atoms with E-state index in [0.717, 1.165) is 17.1 Å². The van der Waals surface area contributed by atoms with Gasteiger partial charge in [0.1, 0.15) is 18.0 Å². The van der Waals surface area contributed by atoms with Gasteiger partial charge in [-0.3, -0.25) is 4.79 Å². The van der Waals surface area contributed by atoms with Gasteiger partial charge in [-0.2, -0.15) is 9.78 Å². The highest BCUT2D eigenvalue weighted by Gasteiger charge is 2.20. The predicted octanol–water partition coefficient (Wildman–Crippen LogP) is 3.76. The molecule has 0 N–H and O–H groups in total. The molecule has 7 nitrogen and oxygen atoms in total. The normalized spacial score (nSPS) is 12.7. The lowest BCUT2D eigenvalue weighted by molar-refractivity contribution is 0.0977. The Morgan fingerprint density at radius 3 is 2.60 bits per heavy atom. The standard InChI is InChI=1S/C19H17ClF2N4O3S/c1-11(18-24-10-25-26(18)19-16(22)8-14(21)9-23-19)3-4-17(27)12-5-13(20)7-15(6-12)30(2,28)29/h5-11H,3-4H2,1-2H3. The number of ketones is 1. The average Bonchev–Trinajstić information content (AvgIpc) is 3.14. The number of rotatable bonds is 7. The van der Waals surface area contributed by atoms with E-state index in [2.05, 4.69) is 15.1 Å². The maximum absolute atomic E-state index is 14.1. The predicted molar refractivity (Wildman–Crippen MR) is 106 cm³/mol. The first-order valence-electron chi connectivity index (χ1n) is 8.81. The number of carbonyl (C=O) groups is 1. The van der Waals surface area contributed by atoms with Gasteiger partial charge in [0.25, 0.3) is 0 Å². The molecule has 1 atom stereocenters. The Morgan fingerprint density at radius 2 is 1.93 bits per heavy atom. The van der Waals surface area contributed by atoms with E-state index in [1.54, 1.807) is 6.92 Å². The molecule has 30 heavy (non-hydrogen) atoms. The number of carbonyl (C=O) groups excluding carboxylic acids is 1. The van der Waals surface area contributed by atoms with Crippen LogP contribution in [0.15, 0.2) is 41.7 Å². The van der Waals surface area contributed by atoms with Crippen molar-refractivity contribution in [3.8, 4) is 5.82 Å². The minimum Gasteiger partial charge on any atom is -0.294 e. The first-order valence-corrected chi connectivity index (χ1v) is 11.1. The quantitative estimate of drug-likeness (QED) is 0.504. The number of sulfone groups is 1. The van der Waals surface area contributed by atoms with Gasteiger partial charge in [0, 0.05) is 35.2 Å². The second kappa shape index (κ2) is 8.57. The minimum absolute atomic E-state index is 0.0380. The first-order chi connectivity index (χ1) is 14.1. The van der Waals surface area contributed by atoms with Gasteiger partial charge in [-0.15, -0.1) is 0 Å². The summed E-state index contributed by atoms with van der Waals surface area (Å²) >= 11 is 5.95. The summed E-state index contributed by atoms with van der Waals surface area (Å²) in [5.41, 5.74) is 0.183. The molecule has 3 rings (SSSR count). The third-order valence-corrected chi connectivity index (χ3v) is 5.74. The van der Waals surface area contributed by atoms with Crippen LogP contribution in [0.4, 0.5) is 8.78 Å². The number of nitrogens with zero attached hydrogens (tertiary/aromatic N) is 4. The number of halogens is 3. The van der Waals surface area contributed by atoms with E-state index in [0.29, 0.717) is 18.3 Å². The monoisotopic (exact) mass is 454 g/mol. The molecule has 0 saturated heterocycles. The van der Waals surface area contributed by atoms with Crippen molar-refractivity contribution in [3.63, 3.8) is 0 Å². The number of pyridine rings is 1. The van der Waals surface area contributed by atoms with Crippen LogP contribution in [-0.4, -0.2) is 40.2 Å². The van der Waals surface area contributed by atoms with Gasteiger partial charge in [-0.05, 0) is 24.6 Å². The summed E-state index contributed by atoms with van der Waals surface area (Å²) in [6.45, 7) is 1.77. The molecule has 3 aromatic rings. The highest BCUT2D eigenvalue weighted by molar-refractivity contribution is 7.90. The fourth-order valence-corrected chi connectivity index (χ4v) is 3.85. The van der Waals surface area contributed by atoms with E-state index in [1.165, 1.54) is 24.5 Å². The average molecular weight is 455 g/mol. The van der Waals surface area contributed by atoms with Crippen LogP contribution in [-0.2, 0) is 9.84 Å². The highest BCUT2D eigenvalue weighted by Crippen LogP contribution is 2.25. The van der Waals surface area contributed by atoms with Crippen molar-refractivity contribution in [2.24, 2.45) is 0 Å². The van der Waals surface area contributed by atoms with E-state index >= 15 is 0 Å². The molecule has 0 fully saturated rings. The van der Waals surface area contributed by atoms with Crippen LogP contribution in [0.1, 0.15) is 41.9 Å². The second-order valence-electron chi connectivity index (χ2n) is 6.80. The number of Topliss-reactive ketones (excluding diaryl/α,β-unsaturated/α-hetero) is 1. The molecule has 0 aliphatic heterocycles. The van der Waals surface area contributed by atoms with Gasteiger partial charge >= 0.3 is 0 Å². The van der Waals surface area contributed by atoms with Crippen molar-refractivity contribution < 1.29 is 22.0 Å². The number of aromatic nitrogens is 4. The molecule has 0 amide bonds. The van der Waals surface area contributed by atoms with Crippen molar-refractivity contribution in [3.05, 3.63) is 64.8 Å². The molecule has 0 aliphatic carbocycles. The molecule has 2 heterocycles. The van der Waals surface area contributed by atoms with Crippen molar-refractivity contribution in [2.75, 3.05) is 6.26 Å². The topological polar surface area (TPSA) is 94.8 Å². The molecule has 0 bridgehead atoms. The fourth-order valence-electron chi connectivity index (χ4n) is 2.87. The van der Waals surface area contributed by atoms with E-state index in [4.69, 9.17) is 11.6 Å². The summed E-state index contributed by atoms with van der Waals surface area (Å²) in [6.07, 6.45) is 3.51. The summed E-state index contributed by atoms with van der Waals surface area (Å²) < 4.78 is 51.8. The highest BCUT2D eigenvalue weighted by atomic mass is 35.5. The van der Waals surface area contributed by atoms with Crippen LogP contribution in [0, 0.1) is 11.6 Å². The first kappa shape index (κ1) is 22.0. The molecular weight excluding hydrogens is 438 g/mol. The summed E-state index contributed by atoms with van der Waals surface area (Å²) in [5.74, 6) is -2.18. The summed E-state index contributed by atoms with van der Waals surface area (Å²) in [6, 6.07) is 4.67. The van der Waals surface area contributed by atoms with Gasteiger partial charge in [-0.1, -0.05) is 18.5 Å². The van der Waals surface area contributed by atoms with Gasteiger partial charge in [0.15, 0.2) is 27.3 Å². The van der Waals surface area contributed by atoms with E-state index in [9.17, 15) is 22.0 Å². The zero-order chi connectivity index (χ0) is 22.1. The molecule has 0 radical (unpaired) electrons. The van der Waals surface area contributed by atoms with Gasteiger partial charge in [0.2, 0.25) is 0 Å². The lowest BCUT2D eigenvalue weighted by Gasteiger charge is -2.12. The Kier molecular flexibility index (Phi) is 6.27. The number of hydrogen-bond acceptors (Lipinski definition) is 6. The smallest absolute Gasteiger partial charge is 0.191 e. The molecule has 0 spiro atoms.